The summed E-state index contributed by atoms with van der Waals surface area (Å²) in [6, 6.07) is 0. The van der Waals surface area contributed by atoms with E-state index in [1.54, 1.807) is 0 Å². The molecule has 18 heavy (non-hydrogen) atoms. The predicted molar refractivity (Wildman–Crippen MR) is 57.9 cm³/mol. The Labute approximate surface area is 131 Å². The van der Waals surface area contributed by atoms with E-state index >= 15 is 0 Å². The Kier molecular flexibility index (Phi) is 5.85. The number of rotatable bonds is 3. The Morgan fingerprint density at radius 2 is 2.28 bits per heavy atom. The van der Waals surface area contributed by atoms with Gasteiger partial charge in [-0.1, -0.05) is 6.42 Å². The minimum Gasteiger partial charge on any atom is -0.471 e. The van der Waals surface area contributed by atoms with Crippen LogP contribution in [0.1, 0.15) is 6.42 Å². The number of methoxy groups -OCH3 is 2. The number of aliphatic hydroxyl groups excluding tert-OH is 1. The monoisotopic (exact) mass is 328 g/mol. The van der Waals surface area contributed by atoms with Crippen LogP contribution in [0.25, 0.3) is 0 Å². The number of aliphatic hydroxyl groups is 1. The first-order valence-electron chi connectivity index (χ1n) is 5.37. The van der Waals surface area contributed by atoms with Crippen molar-refractivity contribution in [2.24, 2.45) is 11.8 Å². The second-order valence-corrected chi connectivity index (χ2v) is 4.01. The van der Waals surface area contributed by atoms with Crippen molar-refractivity contribution in [1.29, 1.82) is 0 Å². The van der Waals surface area contributed by atoms with Crippen LogP contribution in [0.2, 0.25) is 0 Å². The van der Waals surface area contributed by atoms with Crippen molar-refractivity contribution >= 4 is 5.97 Å². The third kappa shape index (κ3) is 2.64. The van der Waals surface area contributed by atoms with Gasteiger partial charge in [0.2, 0.25) is 6.29 Å². The summed E-state index contributed by atoms with van der Waals surface area (Å²) < 4.78 is 15.3. The number of fused-ring (bicyclic) bond motifs is 1. The first kappa shape index (κ1) is 15.7. The van der Waals surface area contributed by atoms with E-state index in [-0.39, 0.29) is 44.5 Å². The number of carbonyl (C=O) groups is 1. The first-order valence-corrected chi connectivity index (χ1v) is 5.37. The Morgan fingerprint density at radius 3 is 2.83 bits per heavy atom. The molecule has 5 nitrogen and oxygen atoms in total. The molecule has 2 rings (SSSR count). The summed E-state index contributed by atoms with van der Waals surface area (Å²) in [5.41, 5.74) is 1.22. The van der Waals surface area contributed by atoms with Gasteiger partial charge in [0.15, 0.2) is 0 Å². The average molecular weight is 328 g/mol. The van der Waals surface area contributed by atoms with Gasteiger partial charge in [0, 0.05) is 45.7 Å². The fraction of sp³-hybridized carbons (Fsp3) is 0.500. The van der Waals surface area contributed by atoms with Crippen molar-refractivity contribution in [2.75, 3.05) is 14.2 Å². The van der Waals surface area contributed by atoms with Crippen LogP contribution in [0.4, 0.5) is 0 Å². The molecule has 0 aromatic heterocycles. The van der Waals surface area contributed by atoms with Gasteiger partial charge in [0.05, 0.1) is 18.9 Å². The molecule has 0 amide bonds. The summed E-state index contributed by atoms with van der Waals surface area (Å²) in [5, 5.41) is 9.16. The van der Waals surface area contributed by atoms with Crippen molar-refractivity contribution in [2.45, 2.75) is 12.7 Å². The third-order valence-electron chi connectivity index (χ3n) is 3.25. The molecule has 0 saturated heterocycles. The van der Waals surface area contributed by atoms with E-state index in [1.165, 1.54) is 20.5 Å². The minimum absolute atomic E-state index is 0. The number of carbonyl (C=O) groups excluding carboxylic acids is 1. The normalized spacial score (nSPS) is 29.2. The maximum absolute atomic E-state index is 11.6. The summed E-state index contributed by atoms with van der Waals surface area (Å²) in [6.45, 7) is 1.04. The molecule has 0 fully saturated rings. The third-order valence-corrected chi connectivity index (χ3v) is 3.25. The standard InChI is InChI=1S/C12H15O5.Y/c1-15-11(14)9-6-17-12(16-2)10-7(5-13)3-4-8(9)10;/h3,5-6,8,10,12-13H,4H2,1-2H3;/q-1;. The molecule has 0 aromatic rings. The molecular formula is C12H15O5Y-. The number of esters is 1. The van der Waals surface area contributed by atoms with E-state index in [4.69, 9.17) is 19.3 Å². The largest absolute Gasteiger partial charge is 0.471 e. The molecule has 1 aliphatic carbocycles. The first-order chi connectivity index (χ1) is 8.22. The number of allylic oxidation sites excluding steroid dienone is 1. The van der Waals surface area contributed by atoms with E-state index in [0.29, 0.717) is 12.0 Å². The molecule has 3 atom stereocenters. The maximum atomic E-state index is 11.6. The Morgan fingerprint density at radius 1 is 1.56 bits per heavy atom. The van der Waals surface area contributed by atoms with Crippen LogP contribution in [-0.4, -0.2) is 31.6 Å². The van der Waals surface area contributed by atoms with Crippen LogP contribution < -0.4 is 0 Å². The molecule has 0 bridgehead atoms. The molecule has 1 radical (unpaired) electrons. The Balaban J connectivity index is 0.00000162. The van der Waals surface area contributed by atoms with Gasteiger partial charge in [-0.3, -0.25) is 0 Å². The molecule has 1 aliphatic heterocycles. The number of hydrogen-bond donors (Lipinski definition) is 1. The van der Waals surface area contributed by atoms with Gasteiger partial charge in [-0.25, -0.2) is 10.9 Å². The van der Waals surface area contributed by atoms with E-state index in [0.717, 1.165) is 12.2 Å². The molecule has 3 unspecified atom stereocenters. The second kappa shape index (κ2) is 6.71. The molecule has 6 heteroatoms. The quantitative estimate of drug-likeness (QED) is 0.622. The zero-order valence-corrected chi connectivity index (χ0v) is 13.2. The van der Waals surface area contributed by atoms with Gasteiger partial charge in [0.25, 0.3) is 0 Å². The van der Waals surface area contributed by atoms with Crippen LogP contribution in [0.5, 0.6) is 0 Å². The van der Waals surface area contributed by atoms with Crippen LogP contribution in [0, 0.1) is 18.4 Å². The molecule has 97 valence electrons. The molecule has 2 aliphatic rings. The predicted octanol–water partition coefficient (Wildman–Crippen LogP) is 1.14. The zero-order valence-electron chi connectivity index (χ0n) is 10.3. The SMILES string of the molecule is COC(=O)C1=COC(OC)C2C([CH-]O)=CCC12.[Y]. The van der Waals surface area contributed by atoms with Crippen LogP contribution in [0.3, 0.4) is 0 Å². The Bertz CT molecular complexity index is 377. The van der Waals surface area contributed by atoms with Gasteiger partial charge >= 0.3 is 5.97 Å². The van der Waals surface area contributed by atoms with Gasteiger partial charge in [0.1, 0.15) is 0 Å². The fourth-order valence-corrected chi connectivity index (χ4v) is 2.42. The maximum Gasteiger partial charge on any atom is 0.337 e. The Hall–Kier alpha value is -0.356. The summed E-state index contributed by atoms with van der Waals surface area (Å²) in [7, 11) is 2.87. The van der Waals surface area contributed by atoms with Crippen LogP contribution in [0.15, 0.2) is 23.5 Å². The van der Waals surface area contributed by atoms with Gasteiger partial charge in [-0.15, -0.1) is 6.61 Å². The van der Waals surface area contributed by atoms with Crippen molar-refractivity contribution in [3.05, 3.63) is 30.1 Å². The fourth-order valence-electron chi connectivity index (χ4n) is 2.42. The van der Waals surface area contributed by atoms with E-state index < -0.39 is 12.3 Å². The van der Waals surface area contributed by atoms with E-state index in [9.17, 15) is 4.79 Å². The van der Waals surface area contributed by atoms with Gasteiger partial charge in [-0.2, -0.15) is 5.57 Å². The molecule has 0 saturated carbocycles. The number of hydrogen-bond acceptors (Lipinski definition) is 5. The molecule has 1 N–H and O–H groups in total. The summed E-state index contributed by atoms with van der Waals surface area (Å²) in [5.74, 6) is -0.620. The summed E-state index contributed by atoms with van der Waals surface area (Å²) in [4.78, 5) is 11.6. The molecule has 0 spiro atoms. The summed E-state index contributed by atoms with van der Waals surface area (Å²) >= 11 is 0. The second-order valence-electron chi connectivity index (χ2n) is 4.01. The molecular weight excluding hydrogens is 313 g/mol. The molecule has 0 aromatic carbocycles. The smallest absolute Gasteiger partial charge is 0.337 e. The van der Waals surface area contributed by atoms with Crippen molar-refractivity contribution in [3.8, 4) is 0 Å². The van der Waals surface area contributed by atoms with Crippen molar-refractivity contribution in [3.63, 3.8) is 0 Å². The van der Waals surface area contributed by atoms with E-state index in [1.807, 2.05) is 6.08 Å². The van der Waals surface area contributed by atoms with Crippen molar-refractivity contribution in [1.82, 2.24) is 0 Å². The minimum atomic E-state index is -0.481. The van der Waals surface area contributed by atoms with Crippen LogP contribution in [-0.2, 0) is 51.7 Å². The van der Waals surface area contributed by atoms with E-state index in [2.05, 4.69) is 0 Å². The van der Waals surface area contributed by atoms with Gasteiger partial charge < -0.3 is 19.3 Å². The molecule has 1 heterocycles. The number of ether oxygens (including phenoxy) is 3. The van der Waals surface area contributed by atoms with Gasteiger partial charge in [-0.05, 0) is 5.92 Å². The topological polar surface area (TPSA) is 65.0 Å². The van der Waals surface area contributed by atoms with Crippen LogP contribution >= 0.6 is 0 Å². The average Bonchev–Trinajstić information content (AvgIpc) is 2.80. The zero-order chi connectivity index (χ0) is 12.4. The van der Waals surface area contributed by atoms with Crippen molar-refractivity contribution < 1.29 is 56.8 Å². The summed E-state index contributed by atoms with van der Waals surface area (Å²) in [6.07, 6.45) is 3.47.